The number of aromatic nitrogens is 1. The number of thiazole rings is 1. The van der Waals surface area contributed by atoms with Crippen molar-refractivity contribution in [3.8, 4) is 0 Å². The van der Waals surface area contributed by atoms with Crippen molar-refractivity contribution in [1.29, 1.82) is 0 Å². The van der Waals surface area contributed by atoms with Gasteiger partial charge in [-0.2, -0.15) is 0 Å². The van der Waals surface area contributed by atoms with Gasteiger partial charge in [0.15, 0.2) is 0 Å². The van der Waals surface area contributed by atoms with Gasteiger partial charge in [0, 0.05) is 6.92 Å². The maximum Gasteiger partial charge on any atom is 0.425 e. The zero-order valence-corrected chi connectivity index (χ0v) is 10.7. The molecule has 0 amide bonds. The Kier molecular flexibility index (Phi) is 4.21. The standard InChI is InChI=1S/C12H12NOS.ClH/c1-9-10(2)15-8-13(9)12(14)11-6-4-3-5-7-11;/h3-8H,1-2H3;1H/q+1;/p-1. The maximum absolute atomic E-state index is 12.1. The molecule has 0 fully saturated rings. The molecule has 1 heterocycles. The summed E-state index contributed by atoms with van der Waals surface area (Å²) in [6.45, 7) is 3.99. The molecule has 0 unspecified atom stereocenters. The zero-order chi connectivity index (χ0) is 10.8. The molecule has 0 N–H and O–H groups in total. The molecular weight excluding hydrogens is 242 g/mol. The first-order valence-corrected chi connectivity index (χ1v) is 5.64. The van der Waals surface area contributed by atoms with Gasteiger partial charge < -0.3 is 12.4 Å². The molecule has 0 saturated heterocycles. The van der Waals surface area contributed by atoms with E-state index in [1.54, 1.807) is 15.9 Å². The predicted octanol–water partition coefficient (Wildman–Crippen LogP) is -0.655. The lowest BCUT2D eigenvalue weighted by atomic mass is 10.2. The van der Waals surface area contributed by atoms with Gasteiger partial charge in [-0.3, -0.25) is 0 Å². The Balaban J connectivity index is 0.00000128. The minimum absolute atomic E-state index is 0. The number of aryl methyl sites for hydroxylation is 1. The van der Waals surface area contributed by atoms with Crippen molar-refractivity contribution < 1.29 is 21.8 Å². The van der Waals surface area contributed by atoms with Gasteiger partial charge >= 0.3 is 5.91 Å². The van der Waals surface area contributed by atoms with Gasteiger partial charge in [-0.25, -0.2) is 4.79 Å². The van der Waals surface area contributed by atoms with Gasteiger partial charge in [0.2, 0.25) is 11.2 Å². The molecule has 2 aromatic rings. The molecule has 0 spiro atoms. The largest absolute Gasteiger partial charge is 1.00 e. The van der Waals surface area contributed by atoms with E-state index in [1.165, 1.54) is 4.88 Å². The molecule has 84 valence electrons. The fourth-order valence-corrected chi connectivity index (χ4v) is 2.17. The summed E-state index contributed by atoms with van der Waals surface area (Å²) < 4.78 is 1.70. The van der Waals surface area contributed by atoms with Crippen LogP contribution in [0, 0.1) is 13.8 Å². The number of benzene rings is 1. The van der Waals surface area contributed by atoms with Gasteiger partial charge in [-0.15, -0.1) is 4.57 Å². The average Bonchev–Trinajstić information content (AvgIpc) is 2.60. The predicted molar refractivity (Wildman–Crippen MR) is 60.2 cm³/mol. The van der Waals surface area contributed by atoms with E-state index in [1.807, 2.05) is 49.7 Å². The topological polar surface area (TPSA) is 20.9 Å². The molecule has 0 bridgehead atoms. The highest BCUT2D eigenvalue weighted by molar-refractivity contribution is 7.09. The number of rotatable bonds is 1. The molecule has 0 aliphatic rings. The van der Waals surface area contributed by atoms with E-state index in [4.69, 9.17) is 0 Å². The molecule has 4 heteroatoms. The average molecular weight is 254 g/mol. The minimum atomic E-state index is 0. The van der Waals surface area contributed by atoms with Crippen molar-refractivity contribution in [3.05, 3.63) is 52.0 Å². The number of carbonyl (C=O) groups excluding carboxylic acids is 1. The van der Waals surface area contributed by atoms with Gasteiger partial charge in [-0.05, 0) is 19.1 Å². The van der Waals surface area contributed by atoms with E-state index in [9.17, 15) is 4.79 Å². The Hall–Kier alpha value is -1.19. The summed E-state index contributed by atoms with van der Waals surface area (Å²) in [7, 11) is 0. The summed E-state index contributed by atoms with van der Waals surface area (Å²) in [6, 6.07) is 9.33. The SMILES string of the molecule is Cc1sc[n+](C(=O)c2ccccc2)c1C.[Cl-]. The first-order chi connectivity index (χ1) is 7.20. The fraction of sp³-hybridized carbons (Fsp3) is 0.167. The van der Waals surface area contributed by atoms with E-state index in [-0.39, 0.29) is 18.3 Å². The molecule has 0 aliphatic carbocycles. The smallest absolute Gasteiger partial charge is 0.425 e. The minimum Gasteiger partial charge on any atom is -1.00 e. The van der Waals surface area contributed by atoms with Crippen molar-refractivity contribution in [2.75, 3.05) is 0 Å². The Labute approximate surface area is 105 Å². The van der Waals surface area contributed by atoms with Crippen LogP contribution in [-0.4, -0.2) is 5.91 Å². The molecule has 0 atom stereocenters. The quantitative estimate of drug-likeness (QED) is 0.619. The van der Waals surface area contributed by atoms with Crippen LogP contribution in [0.2, 0.25) is 0 Å². The van der Waals surface area contributed by atoms with Gasteiger partial charge in [0.05, 0.1) is 10.4 Å². The van der Waals surface area contributed by atoms with Crippen LogP contribution in [0.25, 0.3) is 0 Å². The van der Waals surface area contributed by atoms with Crippen molar-refractivity contribution in [1.82, 2.24) is 0 Å². The second-order valence-corrected chi connectivity index (χ2v) is 4.46. The van der Waals surface area contributed by atoms with E-state index in [2.05, 4.69) is 0 Å². The molecule has 0 saturated carbocycles. The van der Waals surface area contributed by atoms with E-state index in [0.717, 1.165) is 11.3 Å². The summed E-state index contributed by atoms with van der Waals surface area (Å²) in [5.41, 5.74) is 3.61. The zero-order valence-electron chi connectivity index (χ0n) is 9.11. The van der Waals surface area contributed by atoms with Crippen LogP contribution in [0.5, 0.6) is 0 Å². The fourth-order valence-electron chi connectivity index (χ4n) is 1.39. The molecule has 0 radical (unpaired) electrons. The van der Waals surface area contributed by atoms with Crippen LogP contribution in [0.15, 0.2) is 35.8 Å². The van der Waals surface area contributed by atoms with Crippen molar-refractivity contribution in [2.45, 2.75) is 13.8 Å². The summed E-state index contributed by atoms with van der Waals surface area (Å²) in [5.74, 6) is 0.0393. The second-order valence-electron chi connectivity index (χ2n) is 3.41. The Morgan fingerprint density at radius 3 is 2.31 bits per heavy atom. The molecular formula is C12H12ClNOS. The maximum atomic E-state index is 12.1. The molecule has 1 aromatic heterocycles. The lowest BCUT2D eigenvalue weighted by Gasteiger charge is -1.93. The highest BCUT2D eigenvalue weighted by Crippen LogP contribution is 2.09. The summed E-state index contributed by atoms with van der Waals surface area (Å²) in [6.07, 6.45) is 0. The molecule has 1 aromatic carbocycles. The van der Waals surface area contributed by atoms with E-state index in [0.29, 0.717) is 0 Å². The van der Waals surface area contributed by atoms with Crippen molar-refractivity contribution >= 4 is 17.2 Å². The van der Waals surface area contributed by atoms with Crippen LogP contribution in [-0.2, 0) is 0 Å². The van der Waals surface area contributed by atoms with Crippen LogP contribution in [0.4, 0.5) is 0 Å². The third-order valence-corrected chi connectivity index (χ3v) is 3.41. The Morgan fingerprint density at radius 1 is 1.19 bits per heavy atom. The Bertz CT molecular complexity index is 493. The monoisotopic (exact) mass is 253 g/mol. The summed E-state index contributed by atoms with van der Waals surface area (Å²) in [5, 5.41) is 0. The Morgan fingerprint density at radius 2 is 1.81 bits per heavy atom. The summed E-state index contributed by atoms with van der Waals surface area (Å²) in [4.78, 5) is 13.2. The van der Waals surface area contributed by atoms with E-state index >= 15 is 0 Å². The summed E-state index contributed by atoms with van der Waals surface area (Å²) >= 11 is 1.60. The lowest BCUT2D eigenvalue weighted by Crippen LogP contribution is -3.00. The number of halogens is 1. The normalized spacial score (nSPS) is 9.62. The first kappa shape index (κ1) is 12.9. The molecule has 2 rings (SSSR count). The number of hydrogen-bond donors (Lipinski definition) is 0. The molecule has 16 heavy (non-hydrogen) atoms. The van der Waals surface area contributed by atoms with E-state index < -0.39 is 0 Å². The second kappa shape index (κ2) is 5.23. The van der Waals surface area contributed by atoms with Gasteiger partial charge in [0.1, 0.15) is 0 Å². The van der Waals surface area contributed by atoms with Crippen molar-refractivity contribution in [2.24, 2.45) is 0 Å². The van der Waals surface area contributed by atoms with Gasteiger partial charge in [-0.1, -0.05) is 29.5 Å². The van der Waals surface area contributed by atoms with Crippen LogP contribution in [0.1, 0.15) is 20.9 Å². The first-order valence-electron chi connectivity index (χ1n) is 4.76. The van der Waals surface area contributed by atoms with Crippen molar-refractivity contribution in [3.63, 3.8) is 0 Å². The lowest BCUT2D eigenvalue weighted by molar-refractivity contribution is -0.572. The number of carbonyl (C=O) groups is 1. The van der Waals surface area contributed by atoms with Crippen LogP contribution in [0.3, 0.4) is 0 Å². The molecule has 0 aliphatic heterocycles. The van der Waals surface area contributed by atoms with Gasteiger partial charge in [0.25, 0.3) is 0 Å². The number of hydrogen-bond acceptors (Lipinski definition) is 2. The third kappa shape index (κ3) is 2.31. The highest BCUT2D eigenvalue weighted by Gasteiger charge is 2.22. The van der Waals surface area contributed by atoms with Crippen LogP contribution >= 0.6 is 11.3 Å². The number of nitrogens with zero attached hydrogens (tertiary/aromatic N) is 1. The third-order valence-electron chi connectivity index (χ3n) is 2.45. The van der Waals surface area contributed by atoms with Crippen LogP contribution < -0.4 is 17.0 Å². The molecule has 2 nitrogen and oxygen atoms in total. The highest BCUT2D eigenvalue weighted by atomic mass is 35.5.